The first-order valence-corrected chi connectivity index (χ1v) is 7.31. The van der Waals surface area contributed by atoms with Gasteiger partial charge in [-0.1, -0.05) is 13.8 Å². The van der Waals surface area contributed by atoms with Crippen molar-refractivity contribution in [2.45, 2.75) is 44.9 Å². The highest BCUT2D eigenvalue weighted by atomic mass is 32.2. The highest BCUT2D eigenvalue weighted by Crippen LogP contribution is 2.05. The molecule has 2 atom stereocenters. The van der Waals surface area contributed by atoms with E-state index >= 15 is 0 Å². The molecule has 1 amide bonds. The van der Waals surface area contributed by atoms with Crippen LogP contribution in [0.25, 0.3) is 0 Å². The van der Waals surface area contributed by atoms with E-state index in [0.717, 1.165) is 6.42 Å². The fourth-order valence-electron chi connectivity index (χ4n) is 1.12. The highest BCUT2D eigenvalue weighted by Gasteiger charge is 2.28. The zero-order valence-electron chi connectivity index (χ0n) is 10.2. The van der Waals surface area contributed by atoms with Crippen molar-refractivity contribution in [3.8, 4) is 0 Å². The minimum absolute atomic E-state index is 0.135. The Morgan fingerprint density at radius 3 is 2.38 bits per heavy atom. The van der Waals surface area contributed by atoms with E-state index in [0.29, 0.717) is 13.0 Å². The molecule has 0 aromatic heterocycles. The van der Waals surface area contributed by atoms with Gasteiger partial charge >= 0.3 is 0 Å². The molecule has 3 N–H and O–H groups in total. The number of carbonyl (C=O) groups is 1. The average molecular weight is 250 g/mol. The van der Waals surface area contributed by atoms with Crippen molar-refractivity contribution >= 4 is 15.7 Å². The molecule has 0 bridgehead atoms. The molecule has 0 radical (unpaired) electrons. The van der Waals surface area contributed by atoms with Crippen molar-refractivity contribution < 1.29 is 13.2 Å². The zero-order valence-corrected chi connectivity index (χ0v) is 11.0. The van der Waals surface area contributed by atoms with Crippen molar-refractivity contribution in [3.63, 3.8) is 0 Å². The predicted molar refractivity (Wildman–Crippen MR) is 64.8 cm³/mol. The molecule has 0 rings (SSSR count). The molecular weight excluding hydrogens is 228 g/mol. The molecule has 96 valence electrons. The number of carbonyl (C=O) groups excluding carboxylic acids is 1. The average Bonchev–Trinajstić information content (AvgIpc) is 2.23. The van der Waals surface area contributed by atoms with E-state index in [-0.39, 0.29) is 5.75 Å². The summed E-state index contributed by atoms with van der Waals surface area (Å²) in [6.45, 7) is 5.63. The Bertz CT molecular complexity index is 314. The third kappa shape index (κ3) is 4.94. The Kier molecular flexibility index (Phi) is 6.59. The van der Waals surface area contributed by atoms with Crippen molar-refractivity contribution in [2.75, 3.05) is 12.3 Å². The minimum Gasteiger partial charge on any atom is -0.355 e. The van der Waals surface area contributed by atoms with Gasteiger partial charge in [0.25, 0.3) is 0 Å². The third-order valence-corrected chi connectivity index (χ3v) is 4.61. The van der Waals surface area contributed by atoms with Crippen LogP contribution in [-0.4, -0.2) is 37.9 Å². The summed E-state index contributed by atoms with van der Waals surface area (Å²) in [6.07, 6.45) is 1.37. The number of nitrogens with one attached hydrogen (secondary N) is 1. The molecule has 0 heterocycles. The van der Waals surface area contributed by atoms with Gasteiger partial charge in [0.1, 0.15) is 5.25 Å². The lowest BCUT2D eigenvalue weighted by atomic mass is 10.3. The fourth-order valence-corrected chi connectivity index (χ4v) is 2.65. The number of sulfone groups is 1. The van der Waals surface area contributed by atoms with Gasteiger partial charge in [-0.25, -0.2) is 8.42 Å². The number of hydrogen-bond acceptors (Lipinski definition) is 4. The second-order valence-electron chi connectivity index (χ2n) is 3.93. The topological polar surface area (TPSA) is 89.3 Å². The van der Waals surface area contributed by atoms with Crippen LogP contribution in [0, 0.1) is 0 Å². The number of amides is 1. The first kappa shape index (κ1) is 15.4. The number of rotatable bonds is 7. The summed E-state index contributed by atoms with van der Waals surface area (Å²) in [7, 11) is -3.44. The van der Waals surface area contributed by atoms with Crippen LogP contribution in [0.1, 0.15) is 33.6 Å². The van der Waals surface area contributed by atoms with Crippen LogP contribution < -0.4 is 11.1 Å². The fraction of sp³-hybridized carbons (Fsp3) is 0.900. The lowest BCUT2D eigenvalue weighted by Crippen LogP contribution is -2.42. The SMILES string of the molecule is CCCNC(=O)C(C)S(=O)(=O)CC(N)CC. The van der Waals surface area contributed by atoms with Gasteiger partial charge in [-0.05, 0) is 19.8 Å². The zero-order chi connectivity index (χ0) is 12.8. The van der Waals surface area contributed by atoms with Gasteiger partial charge in [-0.15, -0.1) is 0 Å². The maximum Gasteiger partial charge on any atom is 0.238 e. The molecule has 2 unspecified atom stereocenters. The lowest BCUT2D eigenvalue weighted by Gasteiger charge is -2.15. The van der Waals surface area contributed by atoms with E-state index in [1.54, 1.807) is 0 Å². The van der Waals surface area contributed by atoms with E-state index < -0.39 is 27.0 Å². The Hall–Kier alpha value is -0.620. The van der Waals surface area contributed by atoms with Crippen LogP contribution in [0.15, 0.2) is 0 Å². The van der Waals surface area contributed by atoms with Gasteiger partial charge in [0.15, 0.2) is 9.84 Å². The van der Waals surface area contributed by atoms with Crippen LogP contribution in [-0.2, 0) is 14.6 Å². The first-order chi connectivity index (χ1) is 7.35. The summed E-state index contributed by atoms with van der Waals surface area (Å²) in [5.41, 5.74) is 5.59. The predicted octanol–water partition coefficient (Wildman–Crippen LogP) is 0.0532. The molecule has 16 heavy (non-hydrogen) atoms. The smallest absolute Gasteiger partial charge is 0.238 e. The maximum atomic E-state index is 11.8. The molecule has 0 aromatic rings. The largest absolute Gasteiger partial charge is 0.355 e. The number of hydrogen-bond donors (Lipinski definition) is 2. The maximum absolute atomic E-state index is 11.8. The Labute approximate surface area is 97.7 Å². The molecule has 0 aliphatic carbocycles. The quantitative estimate of drug-likeness (QED) is 0.668. The lowest BCUT2D eigenvalue weighted by molar-refractivity contribution is -0.120. The van der Waals surface area contributed by atoms with Crippen LogP contribution in [0.4, 0.5) is 0 Å². The van der Waals surface area contributed by atoms with E-state index in [1.807, 2.05) is 13.8 Å². The van der Waals surface area contributed by atoms with Crippen molar-refractivity contribution in [1.82, 2.24) is 5.32 Å². The minimum atomic E-state index is -3.44. The van der Waals surface area contributed by atoms with Crippen molar-refractivity contribution in [1.29, 1.82) is 0 Å². The van der Waals surface area contributed by atoms with E-state index in [1.165, 1.54) is 6.92 Å². The molecule has 6 heteroatoms. The van der Waals surface area contributed by atoms with Crippen LogP contribution in [0.3, 0.4) is 0 Å². The normalized spacial score (nSPS) is 15.5. The highest BCUT2D eigenvalue weighted by molar-refractivity contribution is 7.92. The van der Waals surface area contributed by atoms with Crippen LogP contribution >= 0.6 is 0 Å². The summed E-state index contributed by atoms with van der Waals surface area (Å²) in [6, 6.07) is -0.397. The van der Waals surface area contributed by atoms with Gasteiger partial charge in [-0.3, -0.25) is 4.79 Å². The summed E-state index contributed by atoms with van der Waals surface area (Å²) in [4.78, 5) is 11.5. The summed E-state index contributed by atoms with van der Waals surface area (Å²) < 4.78 is 23.5. The first-order valence-electron chi connectivity index (χ1n) is 5.60. The molecule has 5 nitrogen and oxygen atoms in total. The molecule has 0 saturated carbocycles. The Morgan fingerprint density at radius 2 is 1.94 bits per heavy atom. The number of nitrogens with two attached hydrogens (primary N) is 1. The van der Waals surface area contributed by atoms with Gasteiger partial charge in [0, 0.05) is 12.6 Å². The Morgan fingerprint density at radius 1 is 1.38 bits per heavy atom. The standard InChI is InChI=1S/C10H22N2O3S/c1-4-6-12-10(13)8(3)16(14,15)7-9(11)5-2/h8-9H,4-7,11H2,1-3H3,(H,12,13). The van der Waals surface area contributed by atoms with E-state index in [9.17, 15) is 13.2 Å². The summed E-state index contributed by atoms with van der Waals surface area (Å²) >= 11 is 0. The van der Waals surface area contributed by atoms with Gasteiger partial charge in [-0.2, -0.15) is 0 Å². The van der Waals surface area contributed by atoms with Crippen molar-refractivity contribution in [2.24, 2.45) is 5.73 Å². The van der Waals surface area contributed by atoms with Crippen molar-refractivity contribution in [3.05, 3.63) is 0 Å². The Balaban J connectivity index is 4.45. The molecular formula is C10H22N2O3S. The molecule has 0 spiro atoms. The molecule has 0 saturated heterocycles. The molecule has 0 aliphatic heterocycles. The molecule has 0 aliphatic rings. The summed E-state index contributed by atoms with van der Waals surface area (Å²) in [5.74, 6) is -0.574. The summed E-state index contributed by atoms with van der Waals surface area (Å²) in [5, 5.41) is 1.55. The molecule has 0 fully saturated rings. The van der Waals surface area contributed by atoms with Gasteiger partial charge in [0.05, 0.1) is 5.75 Å². The van der Waals surface area contributed by atoms with E-state index in [2.05, 4.69) is 5.32 Å². The van der Waals surface area contributed by atoms with Crippen LogP contribution in [0.5, 0.6) is 0 Å². The monoisotopic (exact) mass is 250 g/mol. The second-order valence-corrected chi connectivity index (χ2v) is 6.30. The van der Waals surface area contributed by atoms with Gasteiger partial charge in [0.2, 0.25) is 5.91 Å². The molecule has 0 aromatic carbocycles. The second kappa shape index (κ2) is 6.85. The van der Waals surface area contributed by atoms with E-state index in [4.69, 9.17) is 5.73 Å². The van der Waals surface area contributed by atoms with Crippen LogP contribution in [0.2, 0.25) is 0 Å². The third-order valence-electron chi connectivity index (χ3n) is 2.43. The van der Waals surface area contributed by atoms with Gasteiger partial charge < -0.3 is 11.1 Å².